The van der Waals surface area contributed by atoms with Crippen LogP contribution in [0.1, 0.15) is 45.4 Å². The number of nitrogens with one attached hydrogen (secondary N) is 1. The topological polar surface area (TPSA) is 49.4 Å². The molecule has 2 amide bonds. The maximum absolute atomic E-state index is 13.6. The van der Waals surface area contributed by atoms with Crippen molar-refractivity contribution >= 4 is 17.5 Å². The molecule has 0 aliphatic heterocycles. The molecule has 0 radical (unpaired) electrons. The smallest absolute Gasteiger partial charge is 0.226 e. The quantitative estimate of drug-likeness (QED) is 0.580. The summed E-state index contributed by atoms with van der Waals surface area (Å²) in [6.45, 7) is 2.13. The Kier molecular flexibility index (Phi) is 7.24. The van der Waals surface area contributed by atoms with Gasteiger partial charge in [-0.2, -0.15) is 0 Å². The Bertz CT molecular complexity index is 704. The third-order valence-corrected chi connectivity index (χ3v) is 4.45. The van der Waals surface area contributed by atoms with Gasteiger partial charge in [-0.3, -0.25) is 9.59 Å². The average molecular weight is 368 g/mol. The minimum atomic E-state index is -1.63. The first-order valence-corrected chi connectivity index (χ1v) is 8.75. The van der Waals surface area contributed by atoms with Crippen molar-refractivity contribution in [2.45, 2.75) is 45.4 Å². The number of carbonyl (C=O) groups excluding carboxylic acids is 2. The lowest BCUT2D eigenvalue weighted by Gasteiger charge is -2.22. The Hall–Kier alpha value is -2.31. The van der Waals surface area contributed by atoms with Gasteiger partial charge in [0.1, 0.15) is 0 Å². The van der Waals surface area contributed by atoms with Crippen LogP contribution in [0.25, 0.3) is 0 Å². The molecular weight excluding hydrogens is 345 g/mol. The van der Waals surface area contributed by atoms with E-state index in [4.69, 9.17) is 0 Å². The number of hydrogen-bond donors (Lipinski definition) is 1. The Morgan fingerprint density at radius 2 is 1.88 bits per heavy atom. The molecule has 0 aromatic heterocycles. The summed E-state index contributed by atoms with van der Waals surface area (Å²) < 4.78 is 39.7. The number of allylic oxidation sites excluding steroid dienone is 1. The van der Waals surface area contributed by atoms with Crippen LogP contribution in [0.3, 0.4) is 0 Å². The monoisotopic (exact) mass is 368 g/mol. The first kappa shape index (κ1) is 20.0. The lowest BCUT2D eigenvalue weighted by molar-refractivity contribution is -0.129. The van der Waals surface area contributed by atoms with Gasteiger partial charge in [0.05, 0.1) is 5.69 Å². The van der Waals surface area contributed by atoms with Crippen molar-refractivity contribution in [3.05, 3.63) is 41.2 Å². The van der Waals surface area contributed by atoms with Gasteiger partial charge in [0.25, 0.3) is 0 Å². The summed E-state index contributed by atoms with van der Waals surface area (Å²) in [5.74, 6) is -5.11. The van der Waals surface area contributed by atoms with Gasteiger partial charge in [0.15, 0.2) is 17.5 Å². The Morgan fingerprint density at radius 1 is 1.12 bits per heavy atom. The second-order valence-corrected chi connectivity index (χ2v) is 6.39. The summed E-state index contributed by atoms with van der Waals surface area (Å²) in [5.41, 5.74) is 0.909. The second kappa shape index (κ2) is 9.40. The van der Waals surface area contributed by atoms with Crippen LogP contribution in [0, 0.1) is 17.5 Å². The van der Waals surface area contributed by atoms with Crippen molar-refractivity contribution in [2.24, 2.45) is 0 Å². The first-order chi connectivity index (χ1) is 12.4. The third kappa shape index (κ3) is 5.61. The fourth-order valence-corrected chi connectivity index (χ4v) is 2.91. The maximum Gasteiger partial charge on any atom is 0.226 e. The molecule has 0 spiro atoms. The lowest BCUT2D eigenvalue weighted by atomic mass is 9.97. The molecule has 0 saturated heterocycles. The summed E-state index contributed by atoms with van der Waals surface area (Å²) in [6, 6.07) is 1.71. The molecule has 1 aromatic carbocycles. The van der Waals surface area contributed by atoms with E-state index < -0.39 is 29.0 Å². The van der Waals surface area contributed by atoms with Gasteiger partial charge in [0, 0.05) is 26.4 Å². The van der Waals surface area contributed by atoms with Crippen LogP contribution < -0.4 is 5.32 Å². The Morgan fingerprint density at radius 3 is 2.54 bits per heavy atom. The highest BCUT2D eigenvalue weighted by Gasteiger charge is 2.17. The molecule has 1 aromatic rings. The molecule has 0 saturated carbocycles. The predicted molar refractivity (Wildman–Crippen MR) is 93.0 cm³/mol. The molecule has 26 heavy (non-hydrogen) atoms. The minimum Gasteiger partial charge on any atom is -0.342 e. The second-order valence-electron chi connectivity index (χ2n) is 6.39. The van der Waals surface area contributed by atoms with E-state index in [0.29, 0.717) is 6.54 Å². The van der Waals surface area contributed by atoms with E-state index in [-0.39, 0.29) is 18.9 Å². The molecule has 0 heterocycles. The average Bonchev–Trinajstić information content (AvgIpc) is 2.62. The molecule has 7 heteroatoms. The van der Waals surface area contributed by atoms with Crippen LogP contribution in [0.4, 0.5) is 18.9 Å². The van der Waals surface area contributed by atoms with E-state index in [0.717, 1.165) is 37.8 Å². The van der Waals surface area contributed by atoms with E-state index in [2.05, 4.69) is 11.4 Å². The lowest BCUT2D eigenvalue weighted by Crippen LogP contribution is -2.33. The standard InChI is InChI=1S/C19H23F3N2O2/c1-13(25)24(11-9-14-5-3-2-4-6-14)12-10-17(26)23-16-8-7-15(20)18(21)19(16)22/h5,7-8H,2-4,6,9-12H2,1H3,(H,23,26). The largest absolute Gasteiger partial charge is 0.342 e. The molecule has 1 N–H and O–H groups in total. The summed E-state index contributed by atoms with van der Waals surface area (Å²) in [5, 5.41) is 2.21. The van der Waals surface area contributed by atoms with E-state index >= 15 is 0 Å². The minimum absolute atomic E-state index is 0.0585. The molecule has 0 bridgehead atoms. The van der Waals surface area contributed by atoms with Crippen LogP contribution in [0.15, 0.2) is 23.8 Å². The molecule has 1 aliphatic rings. The number of rotatable bonds is 7. The number of benzene rings is 1. The first-order valence-electron chi connectivity index (χ1n) is 8.75. The zero-order valence-corrected chi connectivity index (χ0v) is 14.8. The van der Waals surface area contributed by atoms with Crippen molar-refractivity contribution < 1.29 is 22.8 Å². The van der Waals surface area contributed by atoms with Crippen molar-refractivity contribution in [1.29, 1.82) is 0 Å². The fraction of sp³-hybridized carbons (Fsp3) is 0.474. The van der Waals surface area contributed by atoms with Crippen LogP contribution in [0.5, 0.6) is 0 Å². The predicted octanol–water partition coefficient (Wildman–Crippen LogP) is 4.17. The van der Waals surface area contributed by atoms with Crippen LogP contribution in [-0.4, -0.2) is 29.8 Å². The number of hydrogen-bond acceptors (Lipinski definition) is 2. The van der Waals surface area contributed by atoms with Crippen LogP contribution in [0.2, 0.25) is 0 Å². The molecule has 4 nitrogen and oxygen atoms in total. The number of halogens is 3. The van der Waals surface area contributed by atoms with Gasteiger partial charge in [-0.05, 0) is 44.2 Å². The Labute approximate surface area is 151 Å². The van der Waals surface area contributed by atoms with E-state index in [1.807, 2.05) is 0 Å². The fourth-order valence-electron chi connectivity index (χ4n) is 2.91. The van der Waals surface area contributed by atoms with Gasteiger partial charge < -0.3 is 10.2 Å². The number of nitrogens with zero attached hydrogens (tertiary/aromatic N) is 1. The summed E-state index contributed by atoms with van der Waals surface area (Å²) in [6.07, 6.45) is 7.39. The summed E-state index contributed by atoms with van der Waals surface area (Å²) in [4.78, 5) is 25.3. The SMILES string of the molecule is CC(=O)N(CCC(=O)Nc1ccc(F)c(F)c1F)CCC1=CCCCC1. The van der Waals surface area contributed by atoms with E-state index in [9.17, 15) is 22.8 Å². The van der Waals surface area contributed by atoms with Crippen molar-refractivity contribution in [3.8, 4) is 0 Å². The number of carbonyl (C=O) groups is 2. The van der Waals surface area contributed by atoms with Crippen molar-refractivity contribution in [2.75, 3.05) is 18.4 Å². The molecule has 0 unspecified atom stereocenters. The highest BCUT2D eigenvalue weighted by Crippen LogP contribution is 2.21. The molecular formula is C19H23F3N2O2. The van der Waals surface area contributed by atoms with Gasteiger partial charge in [0.2, 0.25) is 11.8 Å². The molecule has 142 valence electrons. The van der Waals surface area contributed by atoms with Gasteiger partial charge >= 0.3 is 0 Å². The van der Waals surface area contributed by atoms with Crippen molar-refractivity contribution in [1.82, 2.24) is 4.90 Å². The molecule has 0 atom stereocenters. The van der Waals surface area contributed by atoms with Crippen LogP contribution in [-0.2, 0) is 9.59 Å². The number of amides is 2. The van der Waals surface area contributed by atoms with E-state index in [1.165, 1.54) is 18.9 Å². The van der Waals surface area contributed by atoms with Gasteiger partial charge in [-0.1, -0.05) is 11.6 Å². The maximum atomic E-state index is 13.6. The molecule has 2 rings (SSSR count). The highest BCUT2D eigenvalue weighted by molar-refractivity contribution is 5.91. The van der Waals surface area contributed by atoms with E-state index in [1.54, 1.807) is 4.90 Å². The zero-order chi connectivity index (χ0) is 19.1. The highest BCUT2D eigenvalue weighted by atomic mass is 19.2. The van der Waals surface area contributed by atoms with Gasteiger partial charge in [-0.15, -0.1) is 0 Å². The third-order valence-electron chi connectivity index (χ3n) is 4.45. The summed E-state index contributed by atoms with van der Waals surface area (Å²) >= 11 is 0. The van der Waals surface area contributed by atoms with Crippen molar-refractivity contribution in [3.63, 3.8) is 0 Å². The molecule has 1 aliphatic carbocycles. The normalized spacial score (nSPS) is 13.9. The van der Waals surface area contributed by atoms with Crippen LogP contribution >= 0.6 is 0 Å². The zero-order valence-electron chi connectivity index (χ0n) is 14.8. The molecule has 0 fully saturated rings. The Balaban J connectivity index is 1.86. The summed E-state index contributed by atoms with van der Waals surface area (Å²) in [7, 11) is 0. The van der Waals surface area contributed by atoms with Gasteiger partial charge in [-0.25, -0.2) is 13.2 Å². The number of anilines is 1.